The Morgan fingerprint density at radius 1 is 1.22 bits per heavy atom. The first kappa shape index (κ1) is 16.6. The number of nitrogens with zero attached hydrogens (tertiary/aromatic N) is 2. The number of carbonyl (C=O) groups is 1. The number of carbonyl (C=O) groups excluding carboxylic acids is 1. The van der Waals surface area contributed by atoms with Crippen molar-refractivity contribution in [3.8, 4) is 5.75 Å². The fraction of sp³-hybridized carbons (Fsp3) is 0.0500. The van der Waals surface area contributed by atoms with E-state index in [1.165, 1.54) is 7.11 Å². The number of para-hydroxylation sites is 1. The predicted molar refractivity (Wildman–Crippen MR) is 102 cm³/mol. The van der Waals surface area contributed by atoms with E-state index >= 15 is 0 Å². The molecular formula is C20H15N3O4. The topological polar surface area (TPSA) is 97.0 Å². The molecule has 0 amide bonds. The van der Waals surface area contributed by atoms with Crippen LogP contribution < -0.4 is 5.32 Å². The van der Waals surface area contributed by atoms with Gasteiger partial charge in [0.05, 0.1) is 7.11 Å². The summed E-state index contributed by atoms with van der Waals surface area (Å²) in [4.78, 5) is 20.6. The molecule has 1 aromatic carbocycles. The van der Waals surface area contributed by atoms with Gasteiger partial charge in [-0.25, -0.2) is 14.8 Å². The number of nitrogens with one attached hydrogen (secondary N) is 1. The number of rotatable bonds is 4. The average Bonchev–Trinajstić information content (AvgIpc) is 3.24. The number of fused-ring (bicyclic) bond motifs is 1. The third kappa shape index (κ3) is 3.06. The molecule has 0 bridgehead atoms. The summed E-state index contributed by atoms with van der Waals surface area (Å²) >= 11 is 0. The largest absolute Gasteiger partial charge is 0.504 e. The van der Waals surface area contributed by atoms with E-state index in [0.717, 1.165) is 5.56 Å². The number of aliphatic imine (C=N–C) groups is 1. The summed E-state index contributed by atoms with van der Waals surface area (Å²) in [5.41, 5.74) is 2.15. The smallest absolute Gasteiger partial charge is 0.347 e. The SMILES string of the molecule is COC(=O)c1c(Nc2ccccc2)oc(C=C2C=Nc3ncccc32)c1O. The highest BCUT2D eigenvalue weighted by Gasteiger charge is 2.26. The summed E-state index contributed by atoms with van der Waals surface area (Å²) in [6, 6.07) is 12.8. The maximum Gasteiger partial charge on any atom is 0.347 e. The van der Waals surface area contributed by atoms with Crippen molar-refractivity contribution in [1.29, 1.82) is 0 Å². The Morgan fingerprint density at radius 3 is 2.81 bits per heavy atom. The lowest BCUT2D eigenvalue weighted by Crippen LogP contribution is -2.03. The number of hydrogen-bond donors (Lipinski definition) is 2. The molecule has 134 valence electrons. The van der Waals surface area contributed by atoms with E-state index in [-0.39, 0.29) is 23.0 Å². The first-order valence-electron chi connectivity index (χ1n) is 8.14. The van der Waals surface area contributed by atoms with Crippen molar-refractivity contribution in [2.45, 2.75) is 0 Å². The molecule has 7 heteroatoms. The van der Waals surface area contributed by atoms with Gasteiger partial charge in [-0.05, 0) is 30.3 Å². The van der Waals surface area contributed by atoms with Crippen molar-refractivity contribution < 1.29 is 19.1 Å². The van der Waals surface area contributed by atoms with Gasteiger partial charge in [0, 0.05) is 29.2 Å². The van der Waals surface area contributed by atoms with Crippen LogP contribution in [0.1, 0.15) is 21.7 Å². The lowest BCUT2D eigenvalue weighted by Gasteiger charge is -2.04. The van der Waals surface area contributed by atoms with Gasteiger partial charge in [-0.2, -0.15) is 0 Å². The minimum absolute atomic E-state index is 0.0745. The molecule has 3 aromatic rings. The van der Waals surface area contributed by atoms with Crippen LogP contribution in [0.15, 0.2) is 58.1 Å². The number of hydrogen-bond acceptors (Lipinski definition) is 7. The third-order valence-electron chi connectivity index (χ3n) is 4.04. The summed E-state index contributed by atoms with van der Waals surface area (Å²) in [5, 5.41) is 13.5. The number of esters is 1. The van der Waals surface area contributed by atoms with E-state index in [0.29, 0.717) is 17.1 Å². The molecule has 4 rings (SSSR count). The molecule has 0 radical (unpaired) electrons. The van der Waals surface area contributed by atoms with Crippen molar-refractivity contribution in [2.24, 2.45) is 4.99 Å². The zero-order valence-electron chi connectivity index (χ0n) is 14.3. The van der Waals surface area contributed by atoms with Gasteiger partial charge in [-0.15, -0.1) is 0 Å². The third-order valence-corrected chi connectivity index (χ3v) is 4.04. The molecule has 0 aliphatic carbocycles. The van der Waals surface area contributed by atoms with E-state index < -0.39 is 5.97 Å². The molecule has 2 aromatic heterocycles. The van der Waals surface area contributed by atoms with Gasteiger partial charge in [0.25, 0.3) is 0 Å². The molecular weight excluding hydrogens is 346 g/mol. The summed E-state index contributed by atoms with van der Waals surface area (Å²) in [6.07, 6.45) is 4.89. The number of ether oxygens (including phenoxy) is 1. The molecule has 7 nitrogen and oxygen atoms in total. The second kappa shape index (κ2) is 6.80. The number of benzene rings is 1. The molecule has 0 fully saturated rings. The minimum atomic E-state index is -0.707. The Kier molecular flexibility index (Phi) is 4.18. The molecule has 1 aliphatic rings. The first-order valence-corrected chi connectivity index (χ1v) is 8.14. The van der Waals surface area contributed by atoms with Crippen molar-refractivity contribution in [3.05, 3.63) is 65.5 Å². The fourth-order valence-corrected chi connectivity index (χ4v) is 2.75. The number of aromatic hydroxyl groups is 1. The molecule has 27 heavy (non-hydrogen) atoms. The Morgan fingerprint density at radius 2 is 2.04 bits per heavy atom. The van der Waals surface area contributed by atoms with Crippen LogP contribution in [-0.4, -0.2) is 29.4 Å². The number of allylic oxidation sites excluding steroid dienone is 1. The van der Waals surface area contributed by atoms with E-state index in [2.05, 4.69) is 15.3 Å². The molecule has 2 N–H and O–H groups in total. The van der Waals surface area contributed by atoms with Crippen LogP contribution in [0.5, 0.6) is 5.75 Å². The second-order valence-corrected chi connectivity index (χ2v) is 5.73. The van der Waals surface area contributed by atoms with Crippen LogP contribution in [0.2, 0.25) is 0 Å². The van der Waals surface area contributed by atoms with Crippen LogP contribution in [0.3, 0.4) is 0 Å². The molecule has 0 saturated heterocycles. The predicted octanol–water partition coefficient (Wildman–Crippen LogP) is 4.17. The zero-order chi connectivity index (χ0) is 18.8. The van der Waals surface area contributed by atoms with E-state index in [9.17, 15) is 9.90 Å². The van der Waals surface area contributed by atoms with Gasteiger partial charge in [0.15, 0.2) is 22.9 Å². The van der Waals surface area contributed by atoms with Crippen molar-refractivity contribution in [1.82, 2.24) is 4.98 Å². The van der Waals surface area contributed by atoms with Gasteiger partial charge in [-0.1, -0.05) is 18.2 Å². The van der Waals surface area contributed by atoms with Crippen LogP contribution >= 0.6 is 0 Å². The van der Waals surface area contributed by atoms with E-state index in [1.807, 2.05) is 36.4 Å². The highest BCUT2D eigenvalue weighted by molar-refractivity contribution is 6.21. The maximum atomic E-state index is 12.2. The van der Waals surface area contributed by atoms with Gasteiger partial charge in [0.1, 0.15) is 0 Å². The number of anilines is 2. The standard InChI is InChI=1S/C20H15N3O4/c1-26-20(25)16-17(24)15(27-19(16)23-13-6-3-2-4-7-13)10-12-11-22-18-14(12)8-5-9-21-18/h2-11,23-24H,1H3. The molecule has 0 spiro atoms. The normalized spacial score (nSPS) is 13.6. The molecule has 0 unspecified atom stereocenters. The highest BCUT2D eigenvalue weighted by atomic mass is 16.5. The summed E-state index contributed by atoms with van der Waals surface area (Å²) in [7, 11) is 1.24. The first-order chi connectivity index (χ1) is 13.2. The lowest BCUT2D eigenvalue weighted by atomic mass is 10.1. The molecule has 0 saturated carbocycles. The Labute approximate surface area is 154 Å². The Hall–Kier alpha value is -3.87. The summed E-state index contributed by atoms with van der Waals surface area (Å²) in [6.45, 7) is 0. The monoisotopic (exact) mass is 361 g/mol. The second-order valence-electron chi connectivity index (χ2n) is 5.73. The van der Waals surface area contributed by atoms with Crippen molar-refractivity contribution >= 4 is 41.2 Å². The quantitative estimate of drug-likeness (QED) is 0.677. The highest BCUT2D eigenvalue weighted by Crippen LogP contribution is 2.39. The number of pyridine rings is 1. The van der Waals surface area contributed by atoms with E-state index in [4.69, 9.17) is 9.15 Å². The van der Waals surface area contributed by atoms with Gasteiger partial charge in [-0.3, -0.25) is 0 Å². The number of aromatic nitrogens is 1. The molecule has 1 aliphatic heterocycles. The fourth-order valence-electron chi connectivity index (χ4n) is 2.75. The summed E-state index contributed by atoms with van der Waals surface area (Å²) < 4.78 is 10.5. The number of methoxy groups -OCH3 is 1. The minimum Gasteiger partial charge on any atom is -0.504 e. The van der Waals surface area contributed by atoms with Crippen LogP contribution in [0, 0.1) is 0 Å². The van der Waals surface area contributed by atoms with Gasteiger partial charge in [0.2, 0.25) is 5.88 Å². The molecule has 3 heterocycles. The van der Waals surface area contributed by atoms with Crippen molar-refractivity contribution in [3.63, 3.8) is 0 Å². The van der Waals surface area contributed by atoms with Gasteiger partial charge < -0.3 is 19.6 Å². The van der Waals surface area contributed by atoms with E-state index in [1.54, 1.807) is 24.6 Å². The Balaban J connectivity index is 1.77. The maximum absolute atomic E-state index is 12.2. The van der Waals surface area contributed by atoms with Crippen LogP contribution in [-0.2, 0) is 4.74 Å². The van der Waals surface area contributed by atoms with Gasteiger partial charge >= 0.3 is 5.97 Å². The lowest BCUT2D eigenvalue weighted by molar-refractivity contribution is 0.0598. The van der Waals surface area contributed by atoms with Crippen LogP contribution in [0.4, 0.5) is 17.4 Å². The van der Waals surface area contributed by atoms with Crippen LogP contribution in [0.25, 0.3) is 11.6 Å². The van der Waals surface area contributed by atoms with Crippen molar-refractivity contribution in [2.75, 3.05) is 12.4 Å². The Bertz CT molecular complexity index is 1070. The number of furan rings is 1. The average molecular weight is 361 g/mol. The zero-order valence-corrected chi connectivity index (χ0v) is 14.3. The molecule has 0 atom stereocenters. The summed E-state index contributed by atoms with van der Waals surface area (Å²) in [5.74, 6) is -0.212.